The zero-order chi connectivity index (χ0) is 27.3. The summed E-state index contributed by atoms with van der Waals surface area (Å²) < 4.78 is 33.1. The highest BCUT2D eigenvalue weighted by Crippen LogP contribution is 2.19. The zero-order valence-electron chi connectivity index (χ0n) is 23.1. The topological polar surface area (TPSA) is 112 Å². The summed E-state index contributed by atoms with van der Waals surface area (Å²) in [4.78, 5) is 8.97. The minimum absolute atomic E-state index is 0. The number of nitrogens with two attached hydrogens (primary N) is 1. The van der Waals surface area contributed by atoms with Gasteiger partial charge in [0.1, 0.15) is 11.6 Å². The Morgan fingerprint density at radius 2 is 1.24 bits per heavy atom. The van der Waals surface area contributed by atoms with Gasteiger partial charge < -0.3 is 16.5 Å². The molecule has 3 rings (SSSR count). The van der Waals surface area contributed by atoms with E-state index in [1.165, 1.54) is 17.0 Å². The summed E-state index contributed by atoms with van der Waals surface area (Å²) in [5.41, 5.74) is 12.3. The molecule has 6 N–H and O–H groups in total. The molecule has 9 heteroatoms. The van der Waals surface area contributed by atoms with E-state index in [1.54, 1.807) is 0 Å². The number of aromatic nitrogens is 3. The first kappa shape index (κ1) is 34.5. The third-order valence-electron chi connectivity index (χ3n) is 5.87. The van der Waals surface area contributed by atoms with Crippen molar-refractivity contribution < 1.29 is 13.4 Å². The van der Waals surface area contributed by atoms with Crippen LogP contribution in [0.1, 0.15) is 60.6 Å². The van der Waals surface area contributed by atoms with Crippen molar-refractivity contribution in [2.45, 2.75) is 67.2 Å². The molecule has 3 aromatic heterocycles. The lowest BCUT2D eigenvalue weighted by Crippen LogP contribution is -2.07. The largest absolute Gasteiger partial charge is 0.384 e. The molecule has 0 bridgehead atoms. The maximum absolute atomic E-state index is 12.4. The molecule has 0 fully saturated rings. The third-order valence-corrected chi connectivity index (χ3v) is 5.87. The van der Waals surface area contributed by atoms with Crippen LogP contribution in [-0.2, 0) is 12.8 Å². The van der Waals surface area contributed by atoms with Crippen molar-refractivity contribution in [2.24, 2.45) is 11.8 Å². The fourth-order valence-electron chi connectivity index (χ4n) is 4.13. The normalized spacial score (nSPS) is 11.8. The van der Waals surface area contributed by atoms with Crippen LogP contribution in [0.3, 0.4) is 0 Å². The van der Waals surface area contributed by atoms with Crippen molar-refractivity contribution in [3.63, 3.8) is 0 Å². The van der Waals surface area contributed by atoms with Crippen LogP contribution in [-0.4, -0.2) is 32.5 Å². The van der Waals surface area contributed by atoms with E-state index in [9.17, 15) is 8.78 Å². The van der Waals surface area contributed by atoms with E-state index < -0.39 is 0 Å². The number of aryl methyl sites for hydroxylation is 4. The molecule has 3 aromatic rings. The molecule has 0 amide bonds. The highest BCUT2D eigenvalue weighted by atomic mass is 35.5. The number of alkyl halides is 2. The van der Waals surface area contributed by atoms with Crippen molar-refractivity contribution in [1.82, 2.24) is 20.7 Å². The molecule has 208 valence electrons. The Labute approximate surface area is 226 Å². The smallest absolute Gasteiger partial charge is 0.137 e. The lowest BCUT2D eigenvalue weighted by Gasteiger charge is -2.13. The predicted molar refractivity (Wildman–Crippen MR) is 151 cm³/mol. The van der Waals surface area contributed by atoms with E-state index in [1.807, 2.05) is 26.0 Å². The average Bonchev–Trinajstić information content (AvgIpc) is 3.12. The third kappa shape index (κ3) is 12.0. The van der Waals surface area contributed by atoms with Gasteiger partial charge in [-0.05, 0) is 113 Å². The molecule has 0 saturated heterocycles. The molecular weight excluding hydrogens is 496 g/mol. The molecule has 0 aliphatic rings. The number of hydrogen-bond donors (Lipinski definition) is 3. The van der Waals surface area contributed by atoms with Crippen molar-refractivity contribution in [2.75, 3.05) is 19.1 Å². The molecule has 0 spiro atoms. The summed E-state index contributed by atoms with van der Waals surface area (Å²) in [5.74, 6) is 2.17. The molecule has 6 nitrogen and oxygen atoms in total. The predicted octanol–water partition coefficient (Wildman–Crippen LogP) is 7.14. The standard InChI is InChI=1S/C17H23FN2.C11H17FN2.ClHO.H3N/c1-12(7-8-18)9-16-10-13(2)11-17(19-16)20-14(3)5-6-15(20)4;1-8(3-4-12)5-10-6-9(2)7-11(13)14-10;1-2;/h5-6,10-12H,7-9H2,1-4H3;6-8H,3-5H2,1-2H3,(H2,13,14);2H;1H3. The molecule has 2 unspecified atom stereocenters. The Hall–Kier alpha value is -2.55. The first-order valence-electron chi connectivity index (χ1n) is 12.3. The zero-order valence-corrected chi connectivity index (χ0v) is 23.8. The fraction of sp³-hybridized carbons (Fsp3) is 0.500. The van der Waals surface area contributed by atoms with Crippen molar-refractivity contribution in [3.05, 3.63) is 70.3 Å². The molecule has 0 aliphatic carbocycles. The van der Waals surface area contributed by atoms with E-state index >= 15 is 0 Å². The highest BCUT2D eigenvalue weighted by Gasteiger charge is 2.10. The SMILES string of the molecule is Cc1cc(CC(C)CCF)nc(-n2c(C)ccc2C)c1.Cc1cc(N)nc(CC(C)CCF)c1.N.OCl. The second-order valence-electron chi connectivity index (χ2n) is 9.58. The molecule has 0 aromatic carbocycles. The maximum atomic E-state index is 12.4. The van der Waals surface area contributed by atoms with Crippen LogP contribution in [0.4, 0.5) is 14.6 Å². The molecule has 0 saturated carbocycles. The van der Waals surface area contributed by atoms with E-state index in [2.05, 4.69) is 73.4 Å². The maximum Gasteiger partial charge on any atom is 0.137 e. The number of pyridine rings is 2. The number of nitrogen functional groups attached to an aromatic ring is 1. The monoisotopic (exact) mass is 539 g/mol. The van der Waals surface area contributed by atoms with Gasteiger partial charge in [0, 0.05) is 22.8 Å². The molecular formula is C28H44ClF2N5O. The first-order chi connectivity index (χ1) is 17.1. The molecule has 0 aliphatic heterocycles. The minimum Gasteiger partial charge on any atom is -0.384 e. The number of halogens is 3. The summed E-state index contributed by atoms with van der Waals surface area (Å²) in [6, 6.07) is 12.2. The second-order valence-corrected chi connectivity index (χ2v) is 9.58. The summed E-state index contributed by atoms with van der Waals surface area (Å²) >= 11 is 3.64. The summed E-state index contributed by atoms with van der Waals surface area (Å²) in [6.45, 7) is 11.8. The first-order valence-corrected chi connectivity index (χ1v) is 12.6. The lowest BCUT2D eigenvalue weighted by atomic mass is 10.0. The second kappa shape index (κ2) is 17.8. The van der Waals surface area contributed by atoms with Gasteiger partial charge in [-0.15, -0.1) is 0 Å². The van der Waals surface area contributed by atoms with Gasteiger partial charge in [-0.3, -0.25) is 13.4 Å². The van der Waals surface area contributed by atoms with Gasteiger partial charge in [-0.25, -0.2) is 9.97 Å². The minimum atomic E-state index is -0.261. The molecule has 3 heterocycles. The molecule has 37 heavy (non-hydrogen) atoms. The highest BCUT2D eigenvalue weighted by molar-refractivity contribution is 6.04. The van der Waals surface area contributed by atoms with Crippen LogP contribution in [0.5, 0.6) is 0 Å². The molecule has 2 atom stereocenters. The van der Waals surface area contributed by atoms with Crippen LogP contribution in [0.25, 0.3) is 5.82 Å². The van der Waals surface area contributed by atoms with Gasteiger partial charge in [0.05, 0.1) is 25.2 Å². The van der Waals surface area contributed by atoms with Gasteiger partial charge >= 0.3 is 0 Å². The van der Waals surface area contributed by atoms with Gasteiger partial charge in [-0.2, -0.15) is 0 Å². The van der Waals surface area contributed by atoms with E-state index in [0.717, 1.165) is 35.6 Å². The van der Waals surface area contributed by atoms with Crippen LogP contribution in [0.2, 0.25) is 0 Å². The van der Waals surface area contributed by atoms with Gasteiger partial charge in [0.25, 0.3) is 0 Å². The lowest BCUT2D eigenvalue weighted by molar-refractivity contribution is 0.400. The Morgan fingerprint density at radius 1 is 0.811 bits per heavy atom. The quantitative estimate of drug-likeness (QED) is 0.267. The average molecular weight is 540 g/mol. The van der Waals surface area contributed by atoms with E-state index in [-0.39, 0.29) is 19.5 Å². The Bertz CT molecular complexity index is 1020. The van der Waals surface area contributed by atoms with Crippen molar-refractivity contribution in [3.8, 4) is 5.82 Å². The fourth-order valence-corrected chi connectivity index (χ4v) is 4.13. The van der Waals surface area contributed by atoms with Crippen molar-refractivity contribution >= 4 is 17.7 Å². The molecule has 0 radical (unpaired) electrons. The number of nitrogens with zero attached hydrogens (tertiary/aromatic N) is 3. The van der Waals surface area contributed by atoms with Crippen molar-refractivity contribution in [1.29, 1.82) is 0 Å². The number of rotatable bonds is 9. The van der Waals surface area contributed by atoms with Crippen LogP contribution in [0.15, 0.2) is 36.4 Å². The summed E-state index contributed by atoms with van der Waals surface area (Å²) in [5, 5.41) is 0. The Kier molecular flexibility index (Phi) is 16.6. The van der Waals surface area contributed by atoms with E-state index in [0.29, 0.717) is 30.5 Å². The van der Waals surface area contributed by atoms with Crippen LogP contribution < -0.4 is 11.9 Å². The number of anilines is 1. The Balaban J connectivity index is 0.000000674. The Morgan fingerprint density at radius 3 is 1.68 bits per heavy atom. The number of hydrogen-bond acceptors (Lipinski definition) is 5. The van der Waals surface area contributed by atoms with Gasteiger partial charge in [-0.1, -0.05) is 13.8 Å². The van der Waals surface area contributed by atoms with Gasteiger partial charge in [0.2, 0.25) is 0 Å². The summed E-state index contributed by atoms with van der Waals surface area (Å²) in [6.07, 6.45) is 2.83. The van der Waals surface area contributed by atoms with E-state index in [4.69, 9.17) is 15.4 Å². The van der Waals surface area contributed by atoms with Crippen LogP contribution in [0, 0.1) is 39.5 Å². The van der Waals surface area contributed by atoms with Gasteiger partial charge in [0.15, 0.2) is 0 Å². The summed E-state index contributed by atoms with van der Waals surface area (Å²) in [7, 11) is 0. The van der Waals surface area contributed by atoms with Crippen LogP contribution >= 0.6 is 11.9 Å².